The Kier molecular flexibility index (Phi) is 7.73. The van der Waals surface area contributed by atoms with E-state index >= 15 is 0 Å². The van der Waals surface area contributed by atoms with Gasteiger partial charge in [-0.05, 0) is 37.1 Å². The Bertz CT molecular complexity index is 977. The number of benzene rings is 1. The van der Waals surface area contributed by atoms with Gasteiger partial charge in [0.15, 0.2) is 0 Å². The summed E-state index contributed by atoms with van der Waals surface area (Å²) in [6, 6.07) is 7.52. The number of hydrogen-bond donors (Lipinski definition) is 0. The number of rotatable bonds is 7. The van der Waals surface area contributed by atoms with Crippen molar-refractivity contribution in [2.45, 2.75) is 35.7 Å². The first kappa shape index (κ1) is 23.0. The topological polar surface area (TPSA) is 70.6 Å². The van der Waals surface area contributed by atoms with Gasteiger partial charge in [-0.3, -0.25) is 4.79 Å². The number of amides is 1. The number of sulfonamides is 1. The highest BCUT2D eigenvalue weighted by atomic mass is 35.5. The number of carbonyl (C=O) groups is 1. The highest BCUT2D eigenvalue weighted by Crippen LogP contribution is 2.24. The third-order valence-corrected chi connectivity index (χ3v) is 8.05. The van der Waals surface area contributed by atoms with E-state index in [2.05, 4.69) is 4.98 Å². The summed E-state index contributed by atoms with van der Waals surface area (Å²) in [4.78, 5) is 18.1. The van der Waals surface area contributed by atoms with E-state index < -0.39 is 15.8 Å². The molecule has 30 heavy (non-hydrogen) atoms. The summed E-state index contributed by atoms with van der Waals surface area (Å²) < 4.78 is 40.7. The molecule has 1 amide bonds. The summed E-state index contributed by atoms with van der Waals surface area (Å²) in [7, 11) is -1.95. The van der Waals surface area contributed by atoms with Crippen molar-refractivity contribution < 1.29 is 17.6 Å². The molecule has 1 aromatic heterocycles. The molecule has 6 nitrogen and oxygen atoms in total. The van der Waals surface area contributed by atoms with Crippen molar-refractivity contribution in [2.75, 3.05) is 25.9 Å². The number of aromatic nitrogens is 1. The van der Waals surface area contributed by atoms with Crippen molar-refractivity contribution >= 4 is 39.3 Å². The molecular weight excluding hydrogens is 449 g/mol. The van der Waals surface area contributed by atoms with Gasteiger partial charge in [-0.25, -0.2) is 17.8 Å². The Balaban J connectivity index is 1.57. The molecule has 1 aliphatic heterocycles. The van der Waals surface area contributed by atoms with Gasteiger partial charge in [0.1, 0.15) is 10.7 Å². The summed E-state index contributed by atoms with van der Waals surface area (Å²) in [5.74, 6) is -0.582. The minimum absolute atomic E-state index is 0.0609. The summed E-state index contributed by atoms with van der Waals surface area (Å²) in [6.45, 7) is 1.13. The van der Waals surface area contributed by atoms with Gasteiger partial charge in [0, 0.05) is 43.5 Å². The van der Waals surface area contributed by atoms with Crippen LogP contribution in [0.15, 0.2) is 46.5 Å². The number of hydrogen-bond acceptors (Lipinski definition) is 5. The smallest absolute Gasteiger partial charge is 0.244 e. The maximum Gasteiger partial charge on any atom is 0.244 e. The highest BCUT2D eigenvalue weighted by molar-refractivity contribution is 7.99. The Labute approximate surface area is 185 Å². The van der Waals surface area contributed by atoms with Crippen molar-refractivity contribution in [1.29, 1.82) is 0 Å². The Morgan fingerprint density at radius 2 is 1.97 bits per heavy atom. The van der Waals surface area contributed by atoms with Crippen LogP contribution in [0, 0.1) is 5.82 Å². The van der Waals surface area contributed by atoms with Crippen molar-refractivity contribution in [3.63, 3.8) is 0 Å². The normalized spacial score (nSPS) is 15.2. The predicted molar refractivity (Wildman–Crippen MR) is 115 cm³/mol. The van der Waals surface area contributed by atoms with Crippen LogP contribution >= 0.6 is 23.4 Å². The van der Waals surface area contributed by atoms with E-state index in [4.69, 9.17) is 11.6 Å². The van der Waals surface area contributed by atoms with E-state index in [1.165, 1.54) is 45.4 Å². The van der Waals surface area contributed by atoms with Crippen LogP contribution in [0.5, 0.6) is 0 Å². The van der Waals surface area contributed by atoms with Gasteiger partial charge in [-0.15, -0.1) is 0 Å². The second-order valence-corrected chi connectivity index (χ2v) is 10.4. The summed E-state index contributed by atoms with van der Waals surface area (Å²) in [5.41, 5.74) is 0.269. The van der Waals surface area contributed by atoms with E-state index in [0.29, 0.717) is 18.1 Å². The molecule has 0 bridgehead atoms. The SMILES string of the molecule is CN(Cc1c(F)cccc1Cl)C(=O)CSc1ccc(S(=O)(=O)N2CCCCC2)cn1. The Hall–Kier alpha value is -1.68. The second-order valence-electron chi connectivity index (χ2n) is 7.04. The molecule has 2 aromatic rings. The monoisotopic (exact) mass is 471 g/mol. The lowest BCUT2D eigenvalue weighted by Gasteiger charge is -2.25. The maximum atomic E-state index is 13.9. The molecule has 3 rings (SSSR count). The lowest BCUT2D eigenvalue weighted by Crippen LogP contribution is -2.35. The first-order chi connectivity index (χ1) is 14.3. The molecule has 0 spiro atoms. The number of nitrogens with zero attached hydrogens (tertiary/aromatic N) is 3. The molecule has 1 aliphatic rings. The molecule has 1 aromatic carbocycles. The third kappa shape index (κ3) is 5.51. The molecule has 2 heterocycles. The molecule has 0 saturated carbocycles. The standard InChI is InChI=1S/C20H23ClFN3O3S2/c1-24(13-16-17(21)6-5-7-18(16)22)20(26)14-29-19-9-8-15(12-23-19)30(27,28)25-10-3-2-4-11-25/h5-9,12H,2-4,10-11,13-14H2,1H3. The molecule has 1 fully saturated rings. The van der Waals surface area contributed by atoms with E-state index in [1.54, 1.807) is 19.2 Å². The summed E-state index contributed by atoms with van der Waals surface area (Å²) in [5, 5.41) is 0.813. The number of thioether (sulfide) groups is 1. The number of piperidine rings is 1. The van der Waals surface area contributed by atoms with Crippen LogP contribution < -0.4 is 0 Å². The Morgan fingerprint density at radius 3 is 2.60 bits per heavy atom. The van der Waals surface area contributed by atoms with Gasteiger partial charge in [-0.1, -0.05) is 35.9 Å². The van der Waals surface area contributed by atoms with Crippen molar-refractivity contribution in [2.24, 2.45) is 0 Å². The molecule has 0 N–H and O–H groups in total. The molecule has 0 unspecified atom stereocenters. The van der Waals surface area contributed by atoms with Crippen LogP contribution in [0.4, 0.5) is 4.39 Å². The van der Waals surface area contributed by atoms with Crippen LogP contribution in [0.1, 0.15) is 24.8 Å². The van der Waals surface area contributed by atoms with Gasteiger partial charge >= 0.3 is 0 Å². The molecular formula is C20H23ClFN3O3S2. The second kappa shape index (κ2) is 10.1. The zero-order valence-corrected chi connectivity index (χ0v) is 18.9. The largest absolute Gasteiger partial charge is 0.341 e. The van der Waals surface area contributed by atoms with Gasteiger partial charge in [0.2, 0.25) is 15.9 Å². The molecule has 0 atom stereocenters. The van der Waals surface area contributed by atoms with E-state index in [1.807, 2.05) is 0 Å². The number of pyridine rings is 1. The highest BCUT2D eigenvalue weighted by Gasteiger charge is 2.26. The fraction of sp³-hybridized carbons (Fsp3) is 0.400. The van der Waals surface area contributed by atoms with Gasteiger partial charge < -0.3 is 4.90 Å². The minimum Gasteiger partial charge on any atom is -0.341 e. The number of halogens is 2. The quantitative estimate of drug-likeness (QED) is 0.574. The van der Waals surface area contributed by atoms with E-state index in [9.17, 15) is 17.6 Å². The third-order valence-electron chi connectivity index (χ3n) is 4.89. The maximum absolute atomic E-state index is 13.9. The molecule has 10 heteroatoms. The van der Waals surface area contributed by atoms with Crippen LogP contribution in [-0.2, 0) is 21.4 Å². The molecule has 0 aliphatic carbocycles. The zero-order valence-electron chi connectivity index (χ0n) is 16.6. The van der Waals surface area contributed by atoms with E-state index in [-0.39, 0.29) is 33.7 Å². The van der Waals surface area contributed by atoms with Gasteiger partial charge in [-0.2, -0.15) is 4.31 Å². The van der Waals surface area contributed by atoms with Gasteiger partial charge in [0.05, 0.1) is 10.8 Å². The molecule has 1 saturated heterocycles. The lowest BCUT2D eigenvalue weighted by molar-refractivity contribution is -0.127. The van der Waals surface area contributed by atoms with Crippen molar-refractivity contribution in [1.82, 2.24) is 14.2 Å². The lowest BCUT2D eigenvalue weighted by atomic mass is 10.2. The first-order valence-corrected chi connectivity index (χ1v) is 12.4. The molecule has 162 valence electrons. The fourth-order valence-corrected chi connectivity index (χ4v) is 5.58. The fourth-order valence-electron chi connectivity index (χ4n) is 3.11. The van der Waals surface area contributed by atoms with Crippen LogP contribution in [0.2, 0.25) is 5.02 Å². The number of carbonyl (C=O) groups excluding carboxylic acids is 1. The summed E-state index contributed by atoms with van der Waals surface area (Å²) >= 11 is 7.21. The van der Waals surface area contributed by atoms with Crippen LogP contribution in [0.3, 0.4) is 0 Å². The molecule has 0 radical (unpaired) electrons. The van der Waals surface area contributed by atoms with Crippen molar-refractivity contribution in [3.8, 4) is 0 Å². The average Bonchev–Trinajstić information content (AvgIpc) is 2.75. The average molecular weight is 472 g/mol. The zero-order chi connectivity index (χ0) is 21.7. The predicted octanol–water partition coefficient (Wildman–Crippen LogP) is 3.80. The van der Waals surface area contributed by atoms with Gasteiger partial charge in [0.25, 0.3) is 0 Å². The van der Waals surface area contributed by atoms with Crippen molar-refractivity contribution in [3.05, 3.63) is 52.9 Å². The van der Waals surface area contributed by atoms with Crippen LogP contribution in [-0.4, -0.2) is 54.4 Å². The van der Waals surface area contributed by atoms with Crippen LogP contribution in [0.25, 0.3) is 0 Å². The first-order valence-electron chi connectivity index (χ1n) is 9.55. The Morgan fingerprint density at radius 1 is 1.23 bits per heavy atom. The minimum atomic E-state index is -3.53. The summed E-state index contributed by atoms with van der Waals surface area (Å²) in [6.07, 6.45) is 4.12. The van der Waals surface area contributed by atoms with E-state index in [0.717, 1.165) is 19.3 Å².